The van der Waals surface area contributed by atoms with E-state index in [1.165, 1.54) is 25.9 Å². The predicted octanol–water partition coefficient (Wildman–Crippen LogP) is 3.42. The number of fused-ring (bicyclic) bond motifs is 1. The molecule has 0 aromatic carbocycles. The first kappa shape index (κ1) is 18.8. The maximum absolute atomic E-state index is 6.07. The van der Waals surface area contributed by atoms with Crippen molar-refractivity contribution < 1.29 is 9.47 Å². The molecule has 2 aliphatic rings. The van der Waals surface area contributed by atoms with Gasteiger partial charge in [0.15, 0.2) is 5.76 Å². The van der Waals surface area contributed by atoms with Gasteiger partial charge in [0.05, 0.1) is 31.8 Å². The fourth-order valence-electron chi connectivity index (χ4n) is 3.85. The number of nitrogens with zero attached hydrogens (tertiary/aromatic N) is 4. The lowest BCUT2D eigenvalue weighted by Crippen LogP contribution is -2.21. The first-order valence-electron chi connectivity index (χ1n) is 10.1. The summed E-state index contributed by atoms with van der Waals surface area (Å²) in [5.41, 5.74) is 3.04. The van der Waals surface area contributed by atoms with Crippen molar-refractivity contribution in [3.8, 4) is 0 Å². The number of methoxy groups -OCH3 is 1. The van der Waals surface area contributed by atoms with Crippen molar-refractivity contribution in [2.24, 2.45) is 7.05 Å². The molecule has 0 amide bonds. The topological polar surface area (TPSA) is 64.4 Å². The van der Waals surface area contributed by atoms with Crippen LogP contribution >= 0.6 is 0 Å². The average molecular weight is 383 g/mol. The number of imidazole rings is 1. The summed E-state index contributed by atoms with van der Waals surface area (Å²) in [6, 6.07) is 2.02. The number of allylic oxidation sites excluding steroid dienone is 3. The Hall–Kier alpha value is -2.54. The number of nitrogens with one attached hydrogen (secondary N) is 1. The van der Waals surface area contributed by atoms with Gasteiger partial charge in [0.25, 0.3) is 0 Å². The summed E-state index contributed by atoms with van der Waals surface area (Å²) >= 11 is 0. The number of ether oxygens (including phenoxy) is 2. The van der Waals surface area contributed by atoms with E-state index >= 15 is 0 Å². The van der Waals surface area contributed by atoms with Gasteiger partial charge in [-0.25, -0.2) is 9.97 Å². The van der Waals surface area contributed by atoms with Crippen LogP contribution < -0.4 is 5.32 Å². The zero-order valence-corrected chi connectivity index (χ0v) is 16.8. The molecule has 1 saturated heterocycles. The summed E-state index contributed by atoms with van der Waals surface area (Å²) in [5, 5.41) is 3.43. The number of hydrogen-bond donors (Lipinski definition) is 1. The Morgan fingerprint density at radius 1 is 1.18 bits per heavy atom. The van der Waals surface area contributed by atoms with Crippen molar-refractivity contribution >= 4 is 16.9 Å². The fraction of sp³-hybridized carbons (Fsp3) is 0.524. The largest absolute Gasteiger partial charge is 0.497 e. The van der Waals surface area contributed by atoms with Crippen LogP contribution in [0.25, 0.3) is 11.0 Å². The molecule has 0 spiro atoms. The van der Waals surface area contributed by atoms with E-state index in [2.05, 4.69) is 20.2 Å². The molecular weight excluding hydrogens is 354 g/mol. The maximum Gasteiger partial charge on any atom is 0.158 e. The Balaban J connectivity index is 1.38. The quantitative estimate of drug-likeness (QED) is 0.705. The first-order valence-corrected chi connectivity index (χ1v) is 10.1. The van der Waals surface area contributed by atoms with Crippen molar-refractivity contribution in [1.82, 2.24) is 19.4 Å². The number of aromatic nitrogens is 3. The molecule has 0 bridgehead atoms. The molecule has 7 heteroatoms. The Kier molecular flexibility index (Phi) is 5.81. The van der Waals surface area contributed by atoms with E-state index in [4.69, 9.17) is 9.47 Å². The summed E-state index contributed by atoms with van der Waals surface area (Å²) in [6.45, 7) is 4.28. The van der Waals surface area contributed by atoms with Gasteiger partial charge in [-0.2, -0.15) is 0 Å². The van der Waals surface area contributed by atoms with Crippen LogP contribution in [0.2, 0.25) is 0 Å². The van der Waals surface area contributed by atoms with Gasteiger partial charge in [-0.3, -0.25) is 0 Å². The van der Waals surface area contributed by atoms with E-state index in [1.807, 2.05) is 23.8 Å². The zero-order valence-electron chi connectivity index (χ0n) is 16.8. The second-order valence-electron chi connectivity index (χ2n) is 7.45. The van der Waals surface area contributed by atoms with E-state index in [0.29, 0.717) is 6.61 Å². The second-order valence-corrected chi connectivity index (χ2v) is 7.45. The zero-order chi connectivity index (χ0) is 19.3. The van der Waals surface area contributed by atoms with Crippen molar-refractivity contribution in [1.29, 1.82) is 0 Å². The molecule has 2 aromatic heterocycles. The number of pyridine rings is 1. The molecule has 1 aliphatic heterocycles. The van der Waals surface area contributed by atoms with Gasteiger partial charge in [0.2, 0.25) is 0 Å². The van der Waals surface area contributed by atoms with Crippen LogP contribution in [0.4, 0.5) is 5.82 Å². The number of hydrogen-bond acceptors (Lipinski definition) is 6. The highest BCUT2D eigenvalue weighted by Gasteiger charge is 2.17. The van der Waals surface area contributed by atoms with Crippen LogP contribution in [0.15, 0.2) is 41.9 Å². The highest BCUT2D eigenvalue weighted by atomic mass is 16.5. The van der Waals surface area contributed by atoms with Crippen molar-refractivity contribution in [3.63, 3.8) is 0 Å². The van der Waals surface area contributed by atoms with Gasteiger partial charge in [0.1, 0.15) is 17.1 Å². The first-order chi connectivity index (χ1) is 13.7. The summed E-state index contributed by atoms with van der Waals surface area (Å²) in [6.07, 6.45) is 11.0. The number of rotatable bonds is 8. The van der Waals surface area contributed by atoms with Gasteiger partial charge in [-0.15, -0.1) is 0 Å². The lowest BCUT2D eigenvalue weighted by molar-refractivity contribution is 0.167. The Bertz CT molecular complexity index is 880. The van der Waals surface area contributed by atoms with Crippen LogP contribution in [0.3, 0.4) is 0 Å². The fourth-order valence-corrected chi connectivity index (χ4v) is 3.85. The second kappa shape index (κ2) is 8.65. The van der Waals surface area contributed by atoms with Gasteiger partial charge >= 0.3 is 0 Å². The highest BCUT2D eigenvalue weighted by molar-refractivity contribution is 5.77. The summed E-state index contributed by atoms with van der Waals surface area (Å²) in [4.78, 5) is 11.3. The third-order valence-corrected chi connectivity index (χ3v) is 5.42. The van der Waals surface area contributed by atoms with Crippen LogP contribution in [-0.4, -0.2) is 52.8 Å². The van der Waals surface area contributed by atoms with E-state index in [9.17, 15) is 0 Å². The number of aryl methyl sites for hydroxylation is 1. The van der Waals surface area contributed by atoms with Crippen molar-refractivity contribution in [3.05, 3.63) is 41.9 Å². The van der Waals surface area contributed by atoms with E-state index in [-0.39, 0.29) is 0 Å². The molecular formula is C21H29N5O2. The van der Waals surface area contributed by atoms with Gasteiger partial charge in [-0.1, -0.05) is 0 Å². The minimum atomic E-state index is 0.710. The van der Waals surface area contributed by atoms with Crippen LogP contribution in [0, 0.1) is 0 Å². The van der Waals surface area contributed by atoms with E-state index in [0.717, 1.165) is 59.9 Å². The number of likely N-dealkylation sites (tertiary alicyclic amines) is 1. The van der Waals surface area contributed by atoms with E-state index < -0.39 is 0 Å². The maximum atomic E-state index is 6.07. The smallest absolute Gasteiger partial charge is 0.158 e. The van der Waals surface area contributed by atoms with Gasteiger partial charge < -0.3 is 24.3 Å². The molecule has 1 fully saturated rings. The molecule has 0 radical (unpaired) electrons. The molecule has 3 heterocycles. The van der Waals surface area contributed by atoms with Crippen LogP contribution in [0.1, 0.15) is 32.1 Å². The Morgan fingerprint density at radius 2 is 2.04 bits per heavy atom. The Labute approximate surface area is 166 Å². The molecule has 1 N–H and O–H groups in total. The summed E-state index contributed by atoms with van der Waals surface area (Å²) in [7, 11) is 3.70. The molecule has 28 heavy (non-hydrogen) atoms. The molecule has 0 atom stereocenters. The molecule has 0 unspecified atom stereocenters. The lowest BCUT2D eigenvalue weighted by atomic mass is 10.1. The summed E-state index contributed by atoms with van der Waals surface area (Å²) in [5.74, 6) is 2.57. The standard InChI is InChI=1S/C21H29N5O2/c1-25-15-23-17-14-22-21(13-18(17)25)24-16-6-7-19(27-2)20(12-16)28-11-5-10-26-8-3-4-9-26/h12-15H,3-11H2,1-2H3,(H,22,24). The molecule has 4 rings (SSSR count). The third-order valence-electron chi connectivity index (χ3n) is 5.42. The predicted molar refractivity (Wildman–Crippen MR) is 110 cm³/mol. The molecule has 2 aromatic rings. The highest BCUT2D eigenvalue weighted by Crippen LogP contribution is 2.27. The average Bonchev–Trinajstić information content (AvgIpc) is 3.36. The van der Waals surface area contributed by atoms with Crippen LogP contribution in [-0.2, 0) is 16.5 Å². The minimum absolute atomic E-state index is 0.710. The van der Waals surface area contributed by atoms with Crippen molar-refractivity contribution in [2.45, 2.75) is 32.1 Å². The molecule has 150 valence electrons. The number of anilines is 1. The van der Waals surface area contributed by atoms with E-state index in [1.54, 1.807) is 19.6 Å². The minimum Gasteiger partial charge on any atom is -0.497 e. The van der Waals surface area contributed by atoms with Gasteiger partial charge in [0, 0.05) is 37.9 Å². The molecule has 0 saturated carbocycles. The normalized spacial score (nSPS) is 17.9. The molecule has 1 aliphatic carbocycles. The van der Waals surface area contributed by atoms with Crippen molar-refractivity contribution in [2.75, 3.05) is 38.7 Å². The lowest BCUT2D eigenvalue weighted by Gasteiger charge is -2.21. The Morgan fingerprint density at radius 3 is 2.86 bits per heavy atom. The third kappa shape index (κ3) is 4.30. The van der Waals surface area contributed by atoms with Crippen LogP contribution in [0.5, 0.6) is 0 Å². The monoisotopic (exact) mass is 383 g/mol. The summed E-state index contributed by atoms with van der Waals surface area (Å²) < 4.78 is 13.6. The SMILES string of the molecule is COC1=C(OCCCN2CCCC2)C=C(Nc2cc3c(cn2)ncn3C)CC1. The molecule has 7 nitrogen and oxygen atoms in total. The van der Waals surface area contributed by atoms with Gasteiger partial charge in [-0.05, 0) is 38.8 Å².